The molecular formula is C13H16N2O4. The summed E-state index contributed by atoms with van der Waals surface area (Å²) >= 11 is 0. The largest absolute Gasteiger partial charge is 0.468 e. The molecule has 0 aliphatic rings. The van der Waals surface area contributed by atoms with E-state index in [9.17, 15) is 9.59 Å². The van der Waals surface area contributed by atoms with Crippen LogP contribution >= 0.6 is 0 Å². The van der Waals surface area contributed by atoms with Crippen LogP contribution in [-0.2, 0) is 23.0 Å². The Morgan fingerprint density at radius 2 is 2.26 bits per heavy atom. The molecule has 19 heavy (non-hydrogen) atoms. The standard InChI is InChI=1S/C13H16N2O4/c1-15-10-6-4-8(7-11(10)19-13(15)17)3-5-9(14)12(16)18-2/h4,6-7,9H,3,5,14H2,1-2H3. The van der Waals surface area contributed by atoms with Crippen molar-refractivity contribution in [3.05, 3.63) is 34.3 Å². The second-order valence-electron chi connectivity index (χ2n) is 4.40. The molecule has 0 bridgehead atoms. The number of carbonyl (C=O) groups excluding carboxylic acids is 1. The highest BCUT2D eigenvalue weighted by molar-refractivity contribution is 5.75. The van der Waals surface area contributed by atoms with Crippen molar-refractivity contribution in [2.75, 3.05) is 7.11 Å². The van der Waals surface area contributed by atoms with Gasteiger partial charge in [-0.15, -0.1) is 0 Å². The number of carbonyl (C=O) groups is 1. The summed E-state index contributed by atoms with van der Waals surface area (Å²) in [5, 5.41) is 0. The van der Waals surface area contributed by atoms with E-state index in [0.717, 1.165) is 11.1 Å². The van der Waals surface area contributed by atoms with Crippen LogP contribution in [-0.4, -0.2) is 23.7 Å². The van der Waals surface area contributed by atoms with E-state index >= 15 is 0 Å². The molecule has 0 saturated heterocycles. The summed E-state index contributed by atoms with van der Waals surface area (Å²) in [5.41, 5.74) is 7.90. The van der Waals surface area contributed by atoms with Gasteiger partial charge in [0.05, 0.1) is 12.6 Å². The van der Waals surface area contributed by atoms with E-state index in [1.54, 1.807) is 13.1 Å². The highest BCUT2D eigenvalue weighted by Gasteiger charge is 2.14. The molecule has 0 aliphatic heterocycles. The predicted octanol–water partition coefficient (Wildman–Crippen LogP) is 0.564. The average molecular weight is 264 g/mol. The van der Waals surface area contributed by atoms with Gasteiger partial charge in [-0.1, -0.05) is 6.07 Å². The van der Waals surface area contributed by atoms with Gasteiger partial charge in [0.15, 0.2) is 5.58 Å². The summed E-state index contributed by atoms with van der Waals surface area (Å²) in [6.45, 7) is 0. The lowest BCUT2D eigenvalue weighted by Crippen LogP contribution is -2.31. The molecule has 0 radical (unpaired) electrons. The zero-order valence-electron chi connectivity index (χ0n) is 10.9. The summed E-state index contributed by atoms with van der Waals surface area (Å²) in [6.07, 6.45) is 1.10. The van der Waals surface area contributed by atoms with Crippen LogP contribution in [0.1, 0.15) is 12.0 Å². The number of oxazole rings is 1. The van der Waals surface area contributed by atoms with Gasteiger partial charge < -0.3 is 14.9 Å². The van der Waals surface area contributed by atoms with Crippen molar-refractivity contribution in [3.63, 3.8) is 0 Å². The lowest BCUT2D eigenvalue weighted by molar-refractivity contribution is -0.142. The second kappa shape index (κ2) is 5.27. The first-order valence-electron chi connectivity index (χ1n) is 5.95. The molecule has 0 saturated carbocycles. The van der Waals surface area contributed by atoms with Gasteiger partial charge >= 0.3 is 11.7 Å². The van der Waals surface area contributed by atoms with Gasteiger partial charge in [0, 0.05) is 7.05 Å². The van der Waals surface area contributed by atoms with Crippen molar-refractivity contribution in [1.29, 1.82) is 0 Å². The van der Waals surface area contributed by atoms with E-state index in [0.29, 0.717) is 18.4 Å². The zero-order valence-corrected chi connectivity index (χ0v) is 10.9. The molecule has 2 rings (SSSR count). The molecule has 0 spiro atoms. The Morgan fingerprint density at radius 1 is 1.53 bits per heavy atom. The third kappa shape index (κ3) is 2.68. The van der Waals surface area contributed by atoms with Crippen LogP contribution in [0.4, 0.5) is 0 Å². The first-order valence-corrected chi connectivity index (χ1v) is 5.95. The minimum absolute atomic E-state index is 0.390. The molecule has 2 N–H and O–H groups in total. The Balaban J connectivity index is 2.14. The van der Waals surface area contributed by atoms with Gasteiger partial charge in [0.1, 0.15) is 6.04 Å². The molecule has 1 heterocycles. The SMILES string of the molecule is COC(=O)C(N)CCc1ccc2c(c1)oc(=O)n2C. The summed E-state index contributed by atoms with van der Waals surface area (Å²) in [7, 11) is 2.97. The number of hydrogen-bond donors (Lipinski definition) is 1. The lowest BCUT2D eigenvalue weighted by atomic mass is 10.1. The Hall–Kier alpha value is -2.08. The quantitative estimate of drug-likeness (QED) is 0.815. The minimum Gasteiger partial charge on any atom is -0.468 e. The number of nitrogens with two attached hydrogens (primary N) is 1. The van der Waals surface area contributed by atoms with E-state index in [4.69, 9.17) is 10.2 Å². The highest BCUT2D eigenvalue weighted by Crippen LogP contribution is 2.15. The molecule has 2 aromatic rings. The molecule has 1 atom stereocenters. The third-order valence-corrected chi connectivity index (χ3v) is 3.10. The number of ether oxygens (including phenoxy) is 1. The number of benzene rings is 1. The molecular weight excluding hydrogens is 248 g/mol. The smallest absolute Gasteiger partial charge is 0.419 e. The average Bonchev–Trinajstić information content (AvgIpc) is 2.70. The fourth-order valence-corrected chi connectivity index (χ4v) is 1.93. The van der Waals surface area contributed by atoms with Gasteiger partial charge in [-0.2, -0.15) is 0 Å². The van der Waals surface area contributed by atoms with Gasteiger partial charge in [-0.05, 0) is 30.5 Å². The number of fused-ring (bicyclic) bond motifs is 1. The maximum absolute atomic E-state index is 11.4. The van der Waals surface area contributed by atoms with E-state index in [1.165, 1.54) is 11.7 Å². The fraction of sp³-hybridized carbons (Fsp3) is 0.385. The van der Waals surface area contributed by atoms with Crippen LogP contribution in [0.2, 0.25) is 0 Å². The van der Waals surface area contributed by atoms with E-state index in [1.807, 2.05) is 12.1 Å². The van der Waals surface area contributed by atoms with E-state index in [2.05, 4.69) is 4.74 Å². The van der Waals surface area contributed by atoms with Crippen LogP contribution in [0.5, 0.6) is 0 Å². The van der Waals surface area contributed by atoms with E-state index < -0.39 is 17.8 Å². The van der Waals surface area contributed by atoms with Gasteiger partial charge in [0.25, 0.3) is 0 Å². The van der Waals surface area contributed by atoms with Crippen LogP contribution in [0.15, 0.2) is 27.4 Å². The number of esters is 1. The van der Waals surface area contributed by atoms with Crippen molar-refractivity contribution >= 4 is 17.1 Å². The molecule has 1 aromatic carbocycles. The van der Waals surface area contributed by atoms with Crippen LogP contribution in [0.3, 0.4) is 0 Å². The number of rotatable bonds is 4. The Kier molecular flexibility index (Phi) is 3.71. The number of hydrogen-bond acceptors (Lipinski definition) is 5. The van der Waals surface area contributed by atoms with Gasteiger partial charge in [0.2, 0.25) is 0 Å². The molecule has 0 amide bonds. The monoisotopic (exact) mass is 264 g/mol. The van der Waals surface area contributed by atoms with Gasteiger partial charge in [-0.3, -0.25) is 9.36 Å². The molecule has 1 unspecified atom stereocenters. The summed E-state index contributed by atoms with van der Waals surface area (Å²) in [6, 6.07) is 4.87. The molecule has 1 aromatic heterocycles. The maximum Gasteiger partial charge on any atom is 0.419 e. The normalized spacial score (nSPS) is 12.6. The van der Waals surface area contributed by atoms with Crippen molar-refractivity contribution in [2.45, 2.75) is 18.9 Å². The number of aromatic nitrogens is 1. The molecule has 6 heteroatoms. The first kappa shape index (κ1) is 13.4. The van der Waals surface area contributed by atoms with Crippen molar-refractivity contribution < 1.29 is 13.9 Å². The first-order chi connectivity index (χ1) is 9.02. The molecule has 0 fully saturated rings. The highest BCUT2D eigenvalue weighted by atomic mass is 16.5. The molecule has 102 valence electrons. The van der Waals surface area contributed by atoms with Crippen LogP contribution < -0.4 is 11.5 Å². The van der Waals surface area contributed by atoms with Crippen molar-refractivity contribution in [3.8, 4) is 0 Å². The zero-order chi connectivity index (χ0) is 14.0. The van der Waals surface area contributed by atoms with Crippen LogP contribution in [0, 0.1) is 0 Å². The third-order valence-electron chi connectivity index (χ3n) is 3.10. The second-order valence-corrected chi connectivity index (χ2v) is 4.40. The van der Waals surface area contributed by atoms with Crippen LogP contribution in [0.25, 0.3) is 11.1 Å². The number of methoxy groups -OCH3 is 1. The molecule has 6 nitrogen and oxygen atoms in total. The van der Waals surface area contributed by atoms with E-state index in [-0.39, 0.29) is 0 Å². The maximum atomic E-state index is 11.4. The summed E-state index contributed by atoms with van der Waals surface area (Å²) in [5.74, 6) is -0.814. The summed E-state index contributed by atoms with van der Waals surface area (Å²) in [4.78, 5) is 22.5. The van der Waals surface area contributed by atoms with Gasteiger partial charge in [-0.25, -0.2) is 4.79 Å². The molecule has 0 aliphatic carbocycles. The predicted molar refractivity (Wildman–Crippen MR) is 69.8 cm³/mol. The Labute approximate surface area is 109 Å². The Bertz CT molecular complexity index is 656. The minimum atomic E-state index is -0.636. The summed E-state index contributed by atoms with van der Waals surface area (Å²) < 4.78 is 11.1. The van der Waals surface area contributed by atoms with Crippen molar-refractivity contribution in [1.82, 2.24) is 4.57 Å². The topological polar surface area (TPSA) is 87.5 Å². The number of nitrogens with zero attached hydrogens (tertiary/aromatic N) is 1. The fourth-order valence-electron chi connectivity index (χ4n) is 1.93. The lowest BCUT2D eigenvalue weighted by Gasteiger charge is -2.08. The Morgan fingerprint density at radius 3 is 2.95 bits per heavy atom. The number of aryl methyl sites for hydroxylation is 2. The van der Waals surface area contributed by atoms with Crippen molar-refractivity contribution in [2.24, 2.45) is 12.8 Å².